The fourth-order valence-electron chi connectivity index (χ4n) is 1.66. The summed E-state index contributed by atoms with van der Waals surface area (Å²) in [5, 5.41) is 8.23. The molecule has 0 spiro atoms. The number of amides is 2. The number of aryl methyl sites for hydroxylation is 1. The molecule has 2 amide bonds. The monoisotopic (exact) mass is 315 g/mol. The van der Waals surface area contributed by atoms with Crippen molar-refractivity contribution in [2.75, 3.05) is 39.2 Å². The number of nitrogens with one attached hydrogen (secondary N) is 3. The van der Waals surface area contributed by atoms with Crippen LogP contribution in [0.25, 0.3) is 0 Å². The van der Waals surface area contributed by atoms with Gasteiger partial charge < -0.3 is 20.7 Å². The fourth-order valence-corrected chi connectivity index (χ4v) is 1.66. The minimum absolute atomic E-state index is 0. The second-order valence-electron chi connectivity index (χ2n) is 4.35. The molecule has 0 unspecified atom stereocenters. The number of hydrogen-bond donors (Lipinski definition) is 3. The first-order chi connectivity index (χ1) is 9.58. The minimum Gasteiger partial charge on any atom is -0.383 e. The Morgan fingerprint density at radius 1 is 1.29 bits per heavy atom. The SMILES string of the molecule is CNC(=O)c1cc(C)ccc1NC(=O)CNCCOC.Cl. The van der Waals surface area contributed by atoms with Crippen molar-refractivity contribution in [2.24, 2.45) is 0 Å². The number of rotatable bonds is 7. The summed E-state index contributed by atoms with van der Waals surface area (Å²) >= 11 is 0. The zero-order chi connectivity index (χ0) is 15.0. The molecule has 1 aromatic rings. The molecule has 0 heterocycles. The molecule has 1 aromatic carbocycles. The van der Waals surface area contributed by atoms with Crippen molar-refractivity contribution in [3.05, 3.63) is 29.3 Å². The average Bonchev–Trinajstić information content (AvgIpc) is 2.44. The summed E-state index contributed by atoms with van der Waals surface area (Å²) in [4.78, 5) is 23.6. The van der Waals surface area contributed by atoms with E-state index < -0.39 is 0 Å². The fraction of sp³-hybridized carbons (Fsp3) is 0.429. The Hall–Kier alpha value is -1.63. The van der Waals surface area contributed by atoms with E-state index in [2.05, 4.69) is 16.0 Å². The van der Waals surface area contributed by atoms with Gasteiger partial charge in [0.2, 0.25) is 5.91 Å². The molecule has 0 aliphatic rings. The highest BCUT2D eigenvalue weighted by Gasteiger charge is 2.12. The maximum atomic E-state index is 11.8. The van der Waals surface area contributed by atoms with Crippen LogP contribution in [0.15, 0.2) is 18.2 Å². The Balaban J connectivity index is 0.00000400. The lowest BCUT2D eigenvalue weighted by molar-refractivity contribution is -0.115. The van der Waals surface area contributed by atoms with Crippen LogP contribution in [0.1, 0.15) is 15.9 Å². The molecule has 0 saturated heterocycles. The number of ether oxygens (including phenoxy) is 1. The maximum absolute atomic E-state index is 11.8. The van der Waals surface area contributed by atoms with Gasteiger partial charge in [0, 0.05) is 20.7 Å². The summed E-state index contributed by atoms with van der Waals surface area (Å²) in [6.07, 6.45) is 0. The van der Waals surface area contributed by atoms with Gasteiger partial charge in [0.05, 0.1) is 24.4 Å². The van der Waals surface area contributed by atoms with Gasteiger partial charge in [-0.25, -0.2) is 0 Å². The summed E-state index contributed by atoms with van der Waals surface area (Å²) in [6.45, 7) is 3.20. The first-order valence-electron chi connectivity index (χ1n) is 6.40. The average molecular weight is 316 g/mol. The molecule has 118 valence electrons. The van der Waals surface area contributed by atoms with Crippen LogP contribution >= 0.6 is 12.4 Å². The van der Waals surface area contributed by atoms with E-state index in [1.807, 2.05) is 13.0 Å². The first kappa shape index (κ1) is 19.4. The van der Waals surface area contributed by atoms with Gasteiger partial charge in [0.15, 0.2) is 0 Å². The lowest BCUT2D eigenvalue weighted by Crippen LogP contribution is -2.31. The second kappa shape index (κ2) is 10.1. The molecular formula is C14H22ClN3O3. The third-order valence-electron chi connectivity index (χ3n) is 2.69. The Labute approximate surface area is 131 Å². The summed E-state index contributed by atoms with van der Waals surface area (Å²) in [5.41, 5.74) is 1.92. The largest absolute Gasteiger partial charge is 0.383 e. The van der Waals surface area contributed by atoms with Gasteiger partial charge in [-0.15, -0.1) is 12.4 Å². The van der Waals surface area contributed by atoms with Crippen LogP contribution in [-0.2, 0) is 9.53 Å². The third kappa shape index (κ3) is 6.57. The number of anilines is 1. The number of carbonyl (C=O) groups excluding carboxylic acids is 2. The molecule has 7 heteroatoms. The predicted molar refractivity (Wildman–Crippen MR) is 85.2 cm³/mol. The number of methoxy groups -OCH3 is 1. The van der Waals surface area contributed by atoms with Crippen molar-refractivity contribution in [1.29, 1.82) is 0 Å². The Morgan fingerprint density at radius 2 is 2.00 bits per heavy atom. The van der Waals surface area contributed by atoms with Gasteiger partial charge in [-0.2, -0.15) is 0 Å². The molecule has 0 aliphatic carbocycles. The Morgan fingerprint density at radius 3 is 2.62 bits per heavy atom. The van der Waals surface area contributed by atoms with E-state index in [9.17, 15) is 9.59 Å². The molecule has 0 radical (unpaired) electrons. The van der Waals surface area contributed by atoms with E-state index in [1.54, 1.807) is 26.3 Å². The highest BCUT2D eigenvalue weighted by atomic mass is 35.5. The van der Waals surface area contributed by atoms with Crippen LogP contribution in [-0.4, -0.2) is 45.7 Å². The quantitative estimate of drug-likeness (QED) is 0.655. The molecular weight excluding hydrogens is 294 g/mol. The van der Waals surface area contributed by atoms with E-state index in [-0.39, 0.29) is 30.8 Å². The zero-order valence-corrected chi connectivity index (χ0v) is 13.3. The molecule has 0 fully saturated rings. The van der Waals surface area contributed by atoms with Crippen molar-refractivity contribution >= 4 is 29.9 Å². The number of carbonyl (C=O) groups is 2. The number of halogens is 1. The molecule has 6 nitrogen and oxygen atoms in total. The van der Waals surface area contributed by atoms with Gasteiger partial charge in [-0.1, -0.05) is 11.6 Å². The molecule has 0 atom stereocenters. The van der Waals surface area contributed by atoms with Gasteiger partial charge >= 0.3 is 0 Å². The van der Waals surface area contributed by atoms with Gasteiger partial charge in [0.25, 0.3) is 5.91 Å². The van der Waals surface area contributed by atoms with Crippen molar-refractivity contribution in [1.82, 2.24) is 10.6 Å². The van der Waals surface area contributed by atoms with Crippen LogP contribution in [0, 0.1) is 6.92 Å². The molecule has 1 rings (SSSR count). The van der Waals surface area contributed by atoms with Gasteiger partial charge in [0.1, 0.15) is 0 Å². The van der Waals surface area contributed by atoms with Crippen molar-refractivity contribution in [2.45, 2.75) is 6.92 Å². The first-order valence-corrected chi connectivity index (χ1v) is 6.40. The highest BCUT2D eigenvalue weighted by Crippen LogP contribution is 2.17. The van der Waals surface area contributed by atoms with Crippen molar-refractivity contribution in [3.8, 4) is 0 Å². The van der Waals surface area contributed by atoms with E-state index in [0.717, 1.165) is 5.56 Å². The molecule has 0 aromatic heterocycles. The van der Waals surface area contributed by atoms with Crippen molar-refractivity contribution in [3.63, 3.8) is 0 Å². The van der Waals surface area contributed by atoms with Crippen molar-refractivity contribution < 1.29 is 14.3 Å². The van der Waals surface area contributed by atoms with E-state index in [4.69, 9.17) is 4.74 Å². The highest BCUT2D eigenvalue weighted by molar-refractivity contribution is 6.04. The van der Waals surface area contributed by atoms with E-state index >= 15 is 0 Å². The van der Waals surface area contributed by atoms with E-state index in [0.29, 0.717) is 24.4 Å². The lowest BCUT2D eigenvalue weighted by atomic mass is 10.1. The van der Waals surface area contributed by atoms with Crippen LogP contribution in [0.5, 0.6) is 0 Å². The van der Waals surface area contributed by atoms with Crippen LogP contribution in [0.2, 0.25) is 0 Å². The smallest absolute Gasteiger partial charge is 0.253 e. The maximum Gasteiger partial charge on any atom is 0.253 e. The molecule has 21 heavy (non-hydrogen) atoms. The molecule has 3 N–H and O–H groups in total. The summed E-state index contributed by atoms with van der Waals surface area (Å²) in [7, 11) is 3.16. The van der Waals surface area contributed by atoms with E-state index in [1.165, 1.54) is 0 Å². The molecule has 0 saturated carbocycles. The standard InChI is InChI=1S/C14H21N3O3.ClH/c1-10-4-5-12(11(8-10)14(19)15-2)17-13(18)9-16-6-7-20-3;/h4-5,8,16H,6-7,9H2,1-3H3,(H,15,19)(H,17,18);1H. The zero-order valence-electron chi connectivity index (χ0n) is 12.5. The summed E-state index contributed by atoms with van der Waals surface area (Å²) < 4.78 is 4.87. The minimum atomic E-state index is -0.226. The summed E-state index contributed by atoms with van der Waals surface area (Å²) in [5.74, 6) is -0.425. The normalized spacial score (nSPS) is 9.67. The third-order valence-corrected chi connectivity index (χ3v) is 2.69. The molecule has 0 bridgehead atoms. The Bertz CT molecular complexity index is 481. The number of benzene rings is 1. The Kier molecular flexibility index (Phi) is 9.36. The lowest BCUT2D eigenvalue weighted by Gasteiger charge is -2.11. The van der Waals surface area contributed by atoms with Crippen LogP contribution < -0.4 is 16.0 Å². The number of hydrogen-bond acceptors (Lipinski definition) is 4. The second-order valence-corrected chi connectivity index (χ2v) is 4.35. The molecule has 0 aliphatic heterocycles. The van der Waals surface area contributed by atoms with Crippen LogP contribution in [0.3, 0.4) is 0 Å². The topological polar surface area (TPSA) is 79.5 Å². The summed E-state index contributed by atoms with van der Waals surface area (Å²) in [6, 6.07) is 5.32. The predicted octanol–water partition coefficient (Wildman–Crippen LogP) is 0.951. The van der Waals surface area contributed by atoms with Gasteiger partial charge in [-0.05, 0) is 19.1 Å². The van der Waals surface area contributed by atoms with Crippen LogP contribution in [0.4, 0.5) is 5.69 Å². The van der Waals surface area contributed by atoms with Gasteiger partial charge in [-0.3, -0.25) is 9.59 Å².